The Bertz CT molecular complexity index is 1130. The molecule has 2 aromatic carbocycles. The van der Waals surface area contributed by atoms with Gasteiger partial charge in [-0.05, 0) is 79.9 Å². The molecule has 8 heteroatoms. The first kappa shape index (κ1) is 19.4. The van der Waals surface area contributed by atoms with Crippen LogP contribution in [-0.2, 0) is 9.53 Å². The van der Waals surface area contributed by atoms with Gasteiger partial charge in [0.25, 0.3) is 5.90 Å². The highest BCUT2D eigenvalue weighted by molar-refractivity contribution is 9.11. The van der Waals surface area contributed by atoms with Gasteiger partial charge in [-0.2, -0.15) is 0 Å². The topological polar surface area (TPSA) is 78.1 Å². The van der Waals surface area contributed by atoms with Gasteiger partial charge in [0.1, 0.15) is 0 Å². The zero-order valence-corrected chi connectivity index (χ0v) is 17.8. The van der Waals surface area contributed by atoms with Crippen LogP contribution in [0.4, 0.5) is 0 Å². The zero-order chi connectivity index (χ0) is 20.4. The lowest BCUT2D eigenvalue weighted by Crippen LogP contribution is -2.09. The highest BCUT2D eigenvalue weighted by Gasteiger charge is 2.26. The molecule has 0 saturated carbocycles. The average Bonchev–Trinajstić information content (AvgIpc) is 3.36. The van der Waals surface area contributed by atoms with Crippen LogP contribution in [0.15, 0.2) is 84.9 Å². The molecule has 1 aromatic heterocycles. The molecule has 0 atom stereocenters. The Balaban J connectivity index is 1.60. The van der Waals surface area contributed by atoms with Crippen molar-refractivity contribution in [3.63, 3.8) is 0 Å². The van der Waals surface area contributed by atoms with Crippen molar-refractivity contribution >= 4 is 55.8 Å². The second-order valence-corrected chi connectivity index (χ2v) is 7.59. The second kappa shape index (κ2) is 8.18. The van der Waals surface area contributed by atoms with Gasteiger partial charge < -0.3 is 13.9 Å². The van der Waals surface area contributed by atoms with E-state index in [1.165, 1.54) is 6.26 Å². The first-order valence-electron chi connectivity index (χ1n) is 8.34. The van der Waals surface area contributed by atoms with Crippen LogP contribution in [0.2, 0.25) is 0 Å². The van der Waals surface area contributed by atoms with Crippen molar-refractivity contribution in [1.29, 1.82) is 0 Å². The number of carbonyl (C=O) groups is 2. The van der Waals surface area contributed by atoms with Gasteiger partial charge in [-0.25, -0.2) is 14.6 Å². The first-order chi connectivity index (χ1) is 14.0. The number of ether oxygens (including phenoxy) is 2. The van der Waals surface area contributed by atoms with E-state index in [-0.39, 0.29) is 11.6 Å². The fourth-order valence-electron chi connectivity index (χ4n) is 2.56. The summed E-state index contributed by atoms with van der Waals surface area (Å²) in [5.74, 6) is -0.256. The van der Waals surface area contributed by atoms with E-state index in [9.17, 15) is 9.59 Å². The van der Waals surface area contributed by atoms with E-state index in [0.717, 1.165) is 0 Å². The molecule has 144 valence electrons. The van der Waals surface area contributed by atoms with Crippen molar-refractivity contribution in [1.82, 2.24) is 0 Å². The Morgan fingerprint density at radius 3 is 2.41 bits per heavy atom. The lowest BCUT2D eigenvalue weighted by atomic mass is 10.2. The van der Waals surface area contributed by atoms with Gasteiger partial charge in [-0.3, -0.25) is 0 Å². The molecule has 0 unspecified atom stereocenters. The molecule has 0 aliphatic carbocycles. The Hall–Kier alpha value is -2.97. The average molecular weight is 517 g/mol. The minimum atomic E-state index is -0.580. The lowest BCUT2D eigenvalue weighted by Gasteiger charge is -2.10. The van der Waals surface area contributed by atoms with E-state index in [2.05, 4.69) is 36.9 Å². The van der Waals surface area contributed by atoms with Crippen LogP contribution in [-0.4, -0.2) is 17.8 Å². The number of hydrogen-bond acceptors (Lipinski definition) is 6. The molecule has 0 saturated heterocycles. The predicted octanol–water partition coefficient (Wildman–Crippen LogP) is 5.37. The van der Waals surface area contributed by atoms with Gasteiger partial charge in [0.15, 0.2) is 17.2 Å². The minimum Gasteiger partial charge on any atom is -0.459 e. The quantitative estimate of drug-likeness (QED) is 0.265. The monoisotopic (exact) mass is 515 g/mol. The zero-order valence-electron chi connectivity index (χ0n) is 14.6. The van der Waals surface area contributed by atoms with E-state index in [4.69, 9.17) is 13.9 Å². The smallest absolute Gasteiger partial charge is 0.363 e. The van der Waals surface area contributed by atoms with Crippen LogP contribution in [0.3, 0.4) is 0 Å². The molecule has 29 heavy (non-hydrogen) atoms. The van der Waals surface area contributed by atoms with Crippen molar-refractivity contribution in [2.45, 2.75) is 0 Å². The highest BCUT2D eigenvalue weighted by atomic mass is 79.9. The SMILES string of the molecule is O=C1OC(c2ccco2)=N/C1=C\c1cc(Br)c(OC(=O)c2ccccc2)c(Br)c1. The van der Waals surface area contributed by atoms with Gasteiger partial charge in [0.05, 0.1) is 20.8 Å². The van der Waals surface area contributed by atoms with Crippen LogP contribution in [0, 0.1) is 0 Å². The summed E-state index contributed by atoms with van der Waals surface area (Å²) in [6.45, 7) is 0. The van der Waals surface area contributed by atoms with E-state index in [0.29, 0.717) is 31.6 Å². The number of halogens is 2. The number of cyclic esters (lactones) is 1. The molecule has 0 spiro atoms. The molecule has 0 fully saturated rings. The van der Waals surface area contributed by atoms with E-state index in [1.807, 2.05) is 6.07 Å². The minimum absolute atomic E-state index is 0.109. The molecule has 1 aliphatic heterocycles. The maximum Gasteiger partial charge on any atom is 0.363 e. The number of furan rings is 1. The summed E-state index contributed by atoms with van der Waals surface area (Å²) in [6.07, 6.45) is 3.04. The van der Waals surface area contributed by atoms with Gasteiger partial charge in [0, 0.05) is 0 Å². The molecule has 0 amide bonds. The highest BCUT2D eigenvalue weighted by Crippen LogP contribution is 2.36. The number of hydrogen-bond donors (Lipinski definition) is 0. The van der Waals surface area contributed by atoms with Gasteiger partial charge in [-0.1, -0.05) is 18.2 Å². The van der Waals surface area contributed by atoms with Crippen LogP contribution in [0.5, 0.6) is 5.75 Å². The van der Waals surface area contributed by atoms with Crippen LogP contribution in [0.25, 0.3) is 6.08 Å². The second-order valence-electron chi connectivity index (χ2n) is 5.88. The largest absolute Gasteiger partial charge is 0.459 e. The maximum atomic E-state index is 12.3. The predicted molar refractivity (Wildman–Crippen MR) is 113 cm³/mol. The maximum absolute atomic E-state index is 12.3. The number of carbonyl (C=O) groups excluding carboxylic acids is 2. The van der Waals surface area contributed by atoms with Crippen molar-refractivity contribution in [2.75, 3.05) is 0 Å². The van der Waals surface area contributed by atoms with Crippen molar-refractivity contribution in [3.05, 3.63) is 92.4 Å². The third-order valence-electron chi connectivity index (χ3n) is 3.88. The van der Waals surface area contributed by atoms with E-state index in [1.54, 1.807) is 54.6 Å². The number of benzene rings is 2. The molecule has 0 radical (unpaired) electrons. The molecule has 0 bridgehead atoms. The van der Waals surface area contributed by atoms with Crippen LogP contribution >= 0.6 is 31.9 Å². The number of nitrogens with zero attached hydrogens (tertiary/aromatic N) is 1. The summed E-state index contributed by atoms with van der Waals surface area (Å²) in [7, 11) is 0. The van der Waals surface area contributed by atoms with E-state index >= 15 is 0 Å². The molecule has 2 heterocycles. The van der Waals surface area contributed by atoms with Crippen molar-refractivity contribution in [2.24, 2.45) is 4.99 Å². The van der Waals surface area contributed by atoms with Crippen molar-refractivity contribution in [3.8, 4) is 5.75 Å². The third kappa shape index (κ3) is 4.23. The summed E-state index contributed by atoms with van der Waals surface area (Å²) < 4.78 is 16.9. The molecular weight excluding hydrogens is 506 g/mol. The summed E-state index contributed by atoms with van der Waals surface area (Å²) in [4.78, 5) is 28.6. The summed E-state index contributed by atoms with van der Waals surface area (Å²) in [5, 5.41) is 0. The molecule has 0 N–H and O–H groups in total. The van der Waals surface area contributed by atoms with E-state index < -0.39 is 11.9 Å². The Morgan fingerprint density at radius 2 is 1.76 bits per heavy atom. The van der Waals surface area contributed by atoms with Gasteiger partial charge >= 0.3 is 11.9 Å². The fourth-order valence-corrected chi connectivity index (χ4v) is 3.94. The van der Waals surface area contributed by atoms with Gasteiger partial charge in [-0.15, -0.1) is 0 Å². The Labute approximate surface area is 182 Å². The summed E-state index contributed by atoms with van der Waals surface area (Å²) in [6, 6.07) is 15.4. The molecule has 4 rings (SSSR count). The Morgan fingerprint density at radius 1 is 1.03 bits per heavy atom. The first-order valence-corrected chi connectivity index (χ1v) is 9.92. The van der Waals surface area contributed by atoms with Crippen LogP contribution < -0.4 is 4.74 Å². The summed E-state index contributed by atoms with van der Waals surface area (Å²) >= 11 is 6.81. The number of esters is 2. The normalized spacial score (nSPS) is 14.6. The standard InChI is InChI=1S/C21H11Br2NO5/c22-14-9-12(11-16-21(26)29-19(24-16)17-7-4-8-27-17)10-15(23)18(14)28-20(25)13-5-2-1-3-6-13/h1-11H/b16-11-. The Kier molecular flexibility index (Phi) is 5.46. The lowest BCUT2D eigenvalue weighted by molar-refractivity contribution is -0.130. The molecular formula is C21H11Br2NO5. The van der Waals surface area contributed by atoms with Crippen LogP contribution in [0.1, 0.15) is 21.7 Å². The molecule has 1 aliphatic rings. The van der Waals surface area contributed by atoms with Crippen molar-refractivity contribution < 1.29 is 23.5 Å². The fraction of sp³-hybridized carbons (Fsp3) is 0. The third-order valence-corrected chi connectivity index (χ3v) is 5.06. The number of aliphatic imine (C=N–C) groups is 1. The molecule has 3 aromatic rings. The molecule has 6 nitrogen and oxygen atoms in total. The summed E-state index contributed by atoms with van der Waals surface area (Å²) in [5.41, 5.74) is 1.22. The number of rotatable bonds is 4. The van der Waals surface area contributed by atoms with Gasteiger partial charge in [0.2, 0.25) is 0 Å².